The number of carbonyl (C=O) groups excluding carboxylic acids is 1. The van der Waals surface area contributed by atoms with E-state index in [1.54, 1.807) is 42.3 Å². The number of anilines is 2. The van der Waals surface area contributed by atoms with Gasteiger partial charge in [-0.1, -0.05) is 0 Å². The number of nitrogens with one attached hydrogen (secondary N) is 1. The van der Waals surface area contributed by atoms with Gasteiger partial charge in [-0.25, -0.2) is 0 Å². The minimum absolute atomic E-state index is 0.249. The number of aryl methyl sites for hydroxylation is 1. The first-order chi connectivity index (χ1) is 9.08. The van der Waals surface area contributed by atoms with Gasteiger partial charge in [-0.2, -0.15) is 5.10 Å². The first kappa shape index (κ1) is 12.9. The van der Waals surface area contributed by atoms with Crippen molar-refractivity contribution >= 4 is 17.3 Å². The van der Waals surface area contributed by atoms with Crippen molar-refractivity contribution in [3.8, 4) is 5.75 Å². The van der Waals surface area contributed by atoms with Gasteiger partial charge >= 0.3 is 0 Å². The maximum absolute atomic E-state index is 12.1. The lowest BCUT2D eigenvalue weighted by Gasteiger charge is -2.08. The summed E-state index contributed by atoms with van der Waals surface area (Å²) in [6.07, 6.45) is 3.29. The lowest BCUT2D eigenvalue weighted by Crippen LogP contribution is -2.12. The van der Waals surface area contributed by atoms with Gasteiger partial charge in [-0.15, -0.1) is 0 Å². The Morgan fingerprint density at radius 2 is 2.26 bits per heavy atom. The number of carbonyl (C=O) groups is 1. The summed E-state index contributed by atoms with van der Waals surface area (Å²) >= 11 is 0. The Hall–Kier alpha value is -2.50. The number of nitrogens with zero attached hydrogens (tertiary/aromatic N) is 2. The van der Waals surface area contributed by atoms with Crippen LogP contribution in [0.1, 0.15) is 17.3 Å². The molecule has 0 radical (unpaired) electrons. The van der Waals surface area contributed by atoms with E-state index < -0.39 is 0 Å². The number of hydrogen-bond donors (Lipinski definition) is 2. The summed E-state index contributed by atoms with van der Waals surface area (Å²) in [5, 5.41) is 6.72. The van der Waals surface area contributed by atoms with Crippen molar-refractivity contribution in [1.82, 2.24) is 9.78 Å². The van der Waals surface area contributed by atoms with Crippen molar-refractivity contribution in [1.29, 1.82) is 0 Å². The molecule has 6 nitrogen and oxygen atoms in total. The summed E-state index contributed by atoms with van der Waals surface area (Å²) in [4.78, 5) is 12.1. The molecule has 1 amide bonds. The van der Waals surface area contributed by atoms with Crippen LogP contribution >= 0.6 is 0 Å². The molecular formula is C13H16N4O2. The molecular weight excluding hydrogens is 244 g/mol. The molecule has 0 unspecified atom stereocenters. The summed E-state index contributed by atoms with van der Waals surface area (Å²) in [5.74, 6) is 0.333. The van der Waals surface area contributed by atoms with Crippen molar-refractivity contribution in [3.63, 3.8) is 0 Å². The normalized spacial score (nSPS) is 10.2. The summed E-state index contributed by atoms with van der Waals surface area (Å²) < 4.78 is 6.97. The lowest BCUT2D eigenvalue weighted by molar-refractivity contribution is 0.102. The smallest absolute Gasteiger partial charge is 0.255 e. The van der Waals surface area contributed by atoms with E-state index in [0.29, 0.717) is 29.3 Å². The van der Waals surface area contributed by atoms with Gasteiger partial charge < -0.3 is 15.8 Å². The van der Waals surface area contributed by atoms with E-state index in [-0.39, 0.29) is 5.91 Å². The highest BCUT2D eigenvalue weighted by Crippen LogP contribution is 2.20. The first-order valence-electron chi connectivity index (χ1n) is 5.92. The van der Waals surface area contributed by atoms with Crippen LogP contribution in [0, 0.1) is 0 Å². The molecule has 0 saturated carbocycles. The highest BCUT2D eigenvalue weighted by Gasteiger charge is 2.09. The molecule has 2 rings (SSSR count). The van der Waals surface area contributed by atoms with E-state index in [9.17, 15) is 4.79 Å². The van der Waals surface area contributed by atoms with E-state index >= 15 is 0 Å². The minimum Gasteiger partial charge on any atom is -0.494 e. The SMILES string of the molecule is CCOc1cc(N)cc(C(=O)Nc2cnn(C)c2)c1. The second kappa shape index (κ2) is 5.43. The quantitative estimate of drug-likeness (QED) is 0.819. The average molecular weight is 260 g/mol. The van der Waals surface area contributed by atoms with Crippen LogP contribution in [0.3, 0.4) is 0 Å². The number of amides is 1. The van der Waals surface area contributed by atoms with Crippen LogP contribution in [-0.2, 0) is 7.05 Å². The number of benzene rings is 1. The van der Waals surface area contributed by atoms with E-state index in [0.717, 1.165) is 0 Å². The first-order valence-corrected chi connectivity index (χ1v) is 5.92. The number of nitrogens with two attached hydrogens (primary N) is 1. The molecule has 0 spiro atoms. The molecule has 0 aliphatic rings. The lowest BCUT2D eigenvalue weighted by atomic mass is 10.1. The Morgan fingerprint density at radius 3 is 2.89 bits per heavy atom. The molecule has 0 saturated heterocycles. The summed E-state index contributed by atoms with van der Waals surface area (Å²) in [6.45, 7) is 2.39. The van der Waals surface area contributed by atoms with Crippen molar-refractivity contribution in [2.75, 3.05) is 17.7 Å². The zero-order chi connectivity index (χ0) is 13.8. The van der Waals surface area contributed by atoms with Gasteiger partial charge in [0.25, 0.3) is 5.91 Å². The van der Waals surface area contributed by atoms with Crippen LogP contribution in [-0.4, -0.2) is 22.3 Å². The summed E-state index contributed by atoms with van der Waals surface area (Å²) in [5.41, 5.74) is 7.32. The Labute approximate surface area is 111 Å². The molecule has 1 aromatic heterocycles. The fourth-order valence-corrected chi connectivity index (χ4v) is 1.69. The van der Waals surface area contributed by atoms with Crippen LogP contribution in [0.4, 0.5) is 11.4 Å². The molecule has 3 N–H and O–H groups in total. The molecule has 2 aromatic rings. The van der Waals surface area contributed by atoms with Gasteiger partial charge in [0, 0.05) is 30.6 Å². The third-order valence-electron chi connectivity index (χ3n) is 2.46. The third-order valence-corrected chi connectivity index (χ3v) is 2.46. The molecule has 0 fully saturated rings. The van der Waals surface area contributed by atoms with Gasteiger partial charge in [0.05, 0.1) is 18.5 Å². The average Bonchev–Trinajstić information content (AvgIpc) is 2.74. The molecule has 6 heteroatoms. The van der Waals surface area contributed by atoms with Crippen LogP contribution < -0.4 is 15.8 Å². The molecule has 0 aliphatic heterocycles. The molecule has 100 valence electrons. The van der Waals surface area contributed by atoms with Crippen LogP contribution in [0.25, 0.3) is 0 Å². The van der Waals surface area contributed by atoms with Crippen LogP contribution in [0.5, 0.6) is 5.75 Å². The molecule has 0 bridgehead atoms. The maximum atomic E-state index is 12.1. The third kappa shape index (κ3) is 3.25. The van der Waals surface area contributed by atoms with Gasteiger partial charge in [0.15, 0.2) is 0 Å². The van der Waals surface area contributed by atoms with Crippen molar-refractivity contribution in [2.24, 2.45) is 7.05 Å². The van der Waals surface area contributed by atoms with E-state index in [1.165, 1.54) is 0 Å². The number of aromatic nitrogens is 2. The standard InChI is InChI=1S/C13H16N4O2/c1-3-19-12-5-9(4-10(14)6-12)13(18)16-11-7-15-17(2)8-11/h4-8H,3,14H2,1-2H3,(H,16,18). The second-order valence-corrected chi connectivity index (χ2v) is 4.08. The number of hydrogen-bond acceptors (Lipinski definition) is 4. The number of rotatable bonds is 4. The molecule has 0 aliphatic carbocycles. The summed E-state index contributed by atoms with van der Waals surface area (Å²) in [6, 6.07) is 4.95. The van der Waals surface area contributed by atoms with E-state index in [2.05, 4.69) is 10.4 Å². The van der Waals surface area contributed by atoms with Crippen molar-refractivity contribution < 1.29 is 9.53 Å². The number of nitrogen functional groups attached to an aromatic ring is 1. The monoisotopic (exact) mass is 260 g/mol. The maximum Gasteiger partial charge on any atom is 0.255 e. The predicted molar refractivity (Wildman–Crippen MR) is 73.2 cm³/mol. The number of ether oxygens (including phenoxy) is 1. The zero-order valence-corrected chi connectivity index (χ0v) is 10.9. The molecule has 19 heavy (non-hydrogen) atoms. The molecule has 1 heterocycles. The van der Waals surface area contributed by atoms with Gasteiger partial charge in [-0.05, 0) is 19.1 Å². The second-order valence-electron chi connectivity index (χ2n) is 4.08. The fourth-order valence-electron chi connectivity index (χ4n) is 1.69. The Morgan fingerprint density at radius 1 is 1.47 bits per heavy atom. The Bertz CT molecular complexity index is 592. The molecule has 1 aromatic carbocycles. The fraction of sp³-hybridized carbons (Fsp3) is 0.231. The zero-order valence-electron chi connectivity index (χ0n) is 10.9. The summed E-state index contributed by atoms with van der Waals surface area (Å²) in [7, 11) is 1.78. The van der Waals surface area contributed by atoms with Gasteiger partial charge in [0.2, 0.25) is 0 Å². The highest BCUT2D eigenvalue weighted by atomic mass is 16.5. The largest absolute Gasteiger partial charge is 0.494 e. The van der Waals surface area contributed by atoms with Crippen LogP contribution in [0.2, 0.25) is 0 Å². The van der Waals surface area contributed by atoms with Gasteiger partial charge in [-0.3, -0.25) is 9.48 Å². The highest BCUT2D eigenvalue weighted by molar-refractivity contribution is 6.04. The Kier molecular flexibility index (Phi) is 3.70. The van der Waals surface area contributed by atoms with Crippen molar-refractivity contribution in [3.05, 3.63) is 36.2 Å². The topological polar surface area (TPSA) is 82.2 Å². The van der Waals surface area contributed by atoms with E-state index in [1.807, 2.05) is 6.92 Å². The van der Waals surface area contributed by atoms with Gasteiger partial charge in [0.1, 0.15) is 5.75 Å². The predicted octanol–water partition coefficient (Wildman–Crippen LogP) is 1.65. The Balaban J connectivity index is 2.18. The van der Waals surface area contributed by atoms with Crippen molar-refractivity contribution in [2.45, 2.75) is 6.92 Å². The minimum atomic E-state index is -0.249. The van der Waals surface area contributed by atoms with E-state index in [4.69, 9.17) is 10.5 Å². The molecule has 0 atom stereocenters. The van der Waals surface area contributed by atoms with Crippen LogP contribution in [0.15, 0.2) is 30.6 Å².